The largest absolute Gasteiger partial charge is 0.352 e. The first-order valence-electron chi connectivity index (χ1n) is 11.2. The summed E-state index contributed by atoms with van der Waals surface area (Å²) < 4.78 is 25.5. The van der Waals surface area contributed by atoms with Gasteiger partial charge < -0.3 is 15.1 Å². The number of aliphatic imine (C=N–C) groups is 1. The molecule has 1 aromatic rings. The van der Waals surface area contributed by atoms with E-state index in [2.05, 4.69) is 20.1 Å². The van der Waals surface area contributed by atoms with E-state index in [1.54, 1.807) is 31.3 Å². The molecule has 1 N–H and O–H groups in total. The Morgan fingerprint density at radius 3 is 2.22 bits per heavy atom. The summed E-state index contributed by atoms with van der Waals surface area (Å²) >= 11 is 0. The molecule has 180 valence electrons. The van der Waals surface area contributed by atoms with Gasteiger partial charge in [0.05, 0.1) is 17.2 Å². The minimum absolute atomic E-state index is 0. The number of hydrogen-bond donors (Lipinski definition) is 1. The summed E-state index contributed by atoms with van der Waals surface area (Å²) in [6.07, 6.45) is 2.90. The lowest BCUT2D eigenvalue weighted by atomic mass is 10.2. The number of rotatable bonds is 7. The Labute approximate surface area is 209 Å². The van der Waals surface area contributed by atoms with Crippen molar-refractivity contribution in [2.75, 3.05) is 58.6 Å². The van der Waals surface area contributed by atoms with Crippen LogP contribution in [0, 0.1) is 0 Å². The topological polar surface area (TPSA) is 85.3 Å². The number of piperazine rings is 1. The molecule has 0 aliphatic carbocycles. The van der Waals surface area contributed by atoms with Gasteiger partial charge in [-0.15, -0.1) is 24.0 Å². The van der Waals surface area contributed by atoms with Crippen LogP contribution in [-0.4, -0.2) is 99.6 Å². The maximum atomic E-state index is 12.8. The van der Waals surface area contributed by atoms with Crippen LogP contribution in [-0.2, 0) is 14.6 Å². The molecule has 8 nitrogen and oxygen atoms in total. The van der Waals surface area contributed by atoms with Gasteiger partial charge in [0.25, 0.3) is 0 Å². The van der Waals surface area contributed by atoms with Gasteiger partial charge in [-0.2, -0.15) is 0 Å². The molecule has 0 spiro atoms. The molecule has 32 heavy (non-hydrogen) atoms. The molecule has 2 aliphatic heterocycles. The number of sulfone groups is 1. The zero-order valence-corrected chi connectivity index (χ0v) is 22.2. The minimum atomic E-state index is -3.37. The molecule has 2 heterocycles. The fourth-order valence-corrected chi connectivity index (χ4v) is 5.72. The molecule has 2 saturated heterocycles. The van der Waals surface area contributed by atoms with Crippen LogP contribution < -0.4 is 5.32 Å². The molecular formula is C22H36IN5O3S. The second-order valence-electron chi connectivity index (χ2n) is 8.24. The first kappa shape index (κ1) is 26.8. The number of carbonyl (C=O) groups is 1. The van der Waals surface area contributed by atoms with E-state index in [1.165, 1.54) is 0 Å². The highest BCUT2D eigenvalue weighted by atomic mass is 127. The van der Waals surface area contributed by atoms with Crippen LogP contribution in [0.1, 0.15) is 26.2 Å². The maximum Gasteiger partial charge on any atom is 0.236 e. The molecule has 1 amide bonds. The zero-order valence-electron chi connectivity index (χ0n) is 19.1. The predicted molar refractivity (Wildman–Crippen MR) is 138 cm³/mol. The number of likely N-dealkylation sites (tertiary alicyclic amines) is 1. The molecule has 10 heteroatoms. The third kappa shape index (κ3) is 7.31. The molecule has 0 aromatic heterocycles. The molecule has 1 aromatic carbocycles. The van der Waals surface area contributed by atoms with E-state index < -0.39 is 9.84 Å². The highest BCUT2D eigenvalue weighted by molar-refractivity contribution is 14.0. The van der Waals surface area contributed by atoms with Crippen LogP contribution in [0.4, 0.5) is 0 Å². The normalized spacial score (nSPS) is 18.9. The highest BCUT2D eigenvalue weighted by Gasteiger charge is 2.26. The first-order valence-corrected chi connectivity index (χ1v) is 12.8. The maximum absolute atomic E-state index is 12.8. The van der Waals surface area contributed by atoms with Crippen molar-refractivity contribution in [3.8, 4) is 0 Å². The summed E-state index contributed by atoms with van der Waals surface area (Å²) in [5.74, 6) is 0.975. The summed E-state index contributed by atoms with van der Waals surface area (Å²) in [7, 11) is -1.65. The molecule has 2 fully saturated rings. The fourth-order valence-electron chi connectivity index (χ4n) is 4.11. The van der Waals surface area contributed by atoms with E-state index in [0.29, 0.717) is 17.9 Å². The second-order valence-corrected chi connectivity index (χ2v) is 10.3. The number of halogens is 1. The van der Waals surface area contributed by atoms with E-state index in [1.807, 2.05) is 17.9 Å². The van der Waals surface area contributed by atoms with Crippen LogP contribution in [0.2, 0.25) is 0 Å². The van der Waals surface area contributed by atoms with E-state index >= 15 is 0 Å². The number of nitrogens with zero attached hydrogens (tertiary/aromatic N) is 4. The van der Waals surface area contributed by atoms with Crippen molar-refractivity contribution in [2.45, 2.75) is 37.1 Å². The lowest BCUT2D eigenvalue weighted by molar-refractivity contribution is -0.131. The molecule has 1 unspecified atom stereocenters. The van der Waals surface area contributed by atoms with Gasteiger partial charge in [0.2, 0.25) is 5.91 Å². The van der Waals surface area contributed by atoms with Crippen molar-refractivity contribution < 1.29 is 13.2 Å². The van der Waals surface area contributed by atoms with Gasteiger partial charge in [-0.3, -0.25) is 14.7 Å². The van der Waals surface area contributed by atoms with E-state index in [4.69, 9.17) is 0 Å². The van der Waals surface area contributed by atoms with Crippen molar-refractivity contribution in [2.24, 2.45) is 4.99 Å². The zero-order chi connectivity index (χ0) is 22.3. The van der Waals surface area contributed by atoms with Crippen molar-refractivity contribution in [1.82, 2.24) is 20.0 Å². The average molecular weight is 578 g/mol. The second kappa shape index (κ2) is 12.7. The Morgan fingerprint density at radius 1 is 1.03 bits per heavy atom. The fraction of sp³-hybridized carbons (Fsp3) is 0.636. The third-order valence-electron chi connectivity index (χ3n) is 6.05. The van der Waals surface area contributed by atoms with E-state index in [9.17, 15) is 13.2 Å². The molecular weight excluding hydrogens is 541 g/mol. The smallest absolute Gasteiger partial charge is 0.236 e. The Bertz CT molecular complexity index is 852. The summed E-state index contributed by atoms with van der Waals surface area (Å²) in [4.78, 5) is 23.4. The average Bonchev–Trinajstić information content (AvgIpc) is 3.33. The monoisotopic (exact) mass is 577 g/mol. The quantitative estimate of drug-likeness (QED) is 0.302. The standard InChI is InChI=1S/C22H35N5O3S.HI/c1-3-19(18-31(29,30)20-9-5-4-6-10-20)24-22(23-2)27-15-13-25(14-16-27)17-21(28)26-11-7-8-12-26;/h4-6,9-10,19H,3,7-8,11-18H2,1-2H3,(H,23,24);1H. The van der Waals surface area contributed by atoms with Crippen molar-refractivity contribution in [3.05, 3.63) is 30.3 Å². The Hall–Kier alpha value is -1.40. The number of benzene rings is 1. The Kier molecular flexibility index (Phi) is 10.7. The summed E-state index contributed by atoms with van der Waals surface area (Å²) in [6, 6.07) is 8.36. The molecule has 0 saturated carbocycles. The van der Waals surface area contributed by atoms with Crippen LogP contribution >= 0.6 is 24.0 Å². The van der Waals surface area contributed by atoms with E-state index in [0.717, 1.165) is 58.1 Å². The van der Waals surface area contributed by atoms with Gasteiger partial charge in [0.1, 0.15) is 0 Å². The minimum Gasteiger partial charge on any atom is -0.352 e. The van der Waals surface area contributed by atoms with Gasteiger partial charge in [0, 0.05) is 52.4 Å². The molecule has 1 atom stereocenters. The van der Waals surface area contributed by atoms with Gasteiger partial charge in [-0.05, 0) is 31.4 Å². The summed E-state index contributed by atoms with van der Waals surface area (Å²) in [6.45, 7) is 7.34. The molecule has 0 radical (unpaired) electrons. The van der Waals surface area contributed by atoms with Crippen molar-refractivity contribution in [3.63, 3.8) is 0 Å². The van der Waals surface area contributed by atoms with Gasteiger partial charge in [-0.1, -0.05) is 25.1 Å². The number of carbonyl (C=O) groups excluding carboxylic acids is 1. The lowest BCUT2D eigenvalue weighted by Gasteiger charge is -2.37. The van der Waals surface area contributed by atoms with Gasteiger partial charge in [0.15, 0.2) is 15.8 Å². The van der Waals surface area contributed by atoms with Crippen LogP contribution in [0.3, 0.4) is 0 Å². The molecule has 0 bridgehead atoms. The molecule has 2 aliphatic rings. The van der Waals surface area contributed by atoms with Crippen molar-refractivity contribution in [1.29, 1.82) is 0 Å². The van der Waals surface area contributed by atoms with Crippen LogP contribution in [0.5, 0.6) is 0 Å². The SMILES string of the molecule is CCC(CS(=O)(=O)c1ccccc1)NC(=NC)N1CCN(CC(=O)N2CCCC2)CC1.I. The summed E-state index contributed by atoms with van der Waals surface area (Å²) in [5, 5.41) is 3.35. The Balaban J connectivity index is 0.00000363. The molecule has 3 rings (SSSR count). The number of hydrogen-bond acceptors (Lipinski definition) is 5. The summed E-state index contributed by atoms with van der Waals surface area (Å²) in [5.41, 5.74) is 0. The van der Waals surface area contributed by atoms with Crippen LogP contribution in [0.25, 0.3) is 0 Å². The van der Waals surface area contributed by atoms with Gasteiger partial charge >= 0.3 is 0 Å². The lowest BCUT2D eigenvalue weighted by Crippen LogP contribution is -2.56. The van der Waals surface area contributed by atoms with Crippen molar-refractivity contribution >= 4 is 45.7 Å². The van der Waals surface area contributed by atoms with Crippen LogP contribution in [0.15, 0.2) is 40.2 Å². The number of nitrogens with one attached hydrogen (secondary N) is 1. The first-order chi connectivity index (χ1) is 14.9. The number of amides is 1. The Morgan fingerprint density at radius 2 is 1.66 bits per heavy atom. The third-order valence-corrected chi connectivity index (χ3v) is 7.88. The predicted octanol–water partition coefficient (Wildman–Crippen LogP) is 1.67. The number of guanidine groups is 1. The van der Waals surface area contributed by atoms with E-state index in [-0.39, 0.29) is 41.7 Å². The van der Waals surface area contributed by atoms with Gasteiger partial charge in [-0.25, -0.2) is 8.42 Å². The highest BCUT2D eigenvalue weighted by Crippen LogP contribution is 2.13.